The van der Waals surface area contributed by atoms with Gasteiger partial charge in [0, 0.05) is 12.0 Å². The number of carbonyl (C=O) groups is 1. The molecule has 126 valence electrons. The predicted molar refractivity (Wildman–Crippen MR) is 80.5 cm³/mol. The van der Waals surface area contributed by atoms with Gasteiger partial charge in [-0.2, -0.15) is 8.78 Å². The minimum Gasteiger partial charge on any atom is -0.493 e. The highest BCUT2D eigenvalue weighted by atomic mass is 19.3. The van der Waals surface area contributed by atoms with E-state index >= 15 is 0 Å². The van der Waals surface area contributed by atoms with Gasteiger partial charge in [-0.05, 0) is 25.3 Å². The van der Waals surface area contributed by atoms with Gasteiger partial charge in [0.15, 0.2) is 0 Å². The molecule has 3 rings (SSSR count). The zero-order chi connectivity index (χ0) is 16.7. The lowest BCUT2D eigenvalue weighted by Crippen LogP contribution is -2.56. The summed E-state index contributed by atoms with van der Waals surface area (Å²) < 4.78 is 34.4. The summed E-state index contributed by atoms with van der Waals surface area (Å²) >= 11 is 0. The highest BCUT2D eigenvalue weighted by molar-refractivity contribution is 5.85. The minimum atomic E-state index is -3.79. The highest BCUT2D eigenvalue weighted by Crippen LogP contribution is 2.43. The standard InChI is InChI=1S/C17H21F2NO3/c1-11-5-4-6-12-13(7-10-23-14(11)12)20-15(21)17(18,19)16(22)8-2-3-9-16/h4-6,13,22H,2-3,7-10H2,1H3,(H,20,21)/t13-/m0/s1. The number of para-hydroxylation sites is 1. The van der Waals surface area contributed by atoms with Crippen molar-refractivity contribution in [1.29, 1.82) is 0 Å². The summed E-state index contributed by atoms with van der Waals surface area (Å²) in [7, 11) is 0. The zero-order valence-corrected chi connectivity index (χ0v) is 13.1. The van der Waals surface area contributed by atoms with Gasteiger partial charge in [0.1, 0.15) is 11.4 Å². The van der Waals surface area contributed by atoms with Crippen LogP contribution in [-0.4, -0.2) is 29.1 Å². The third kappa shape index (κ3) is 2.69. The molecule has 6 heteroatoms. The first-order valence-electron chi connectivity index (χ1n) is 7.99. The van der Waals surface area contributed by atoms with Crippen molar-refractivity contribution < 1.29 is 23.4 Å². The topological polar surface area (TPSA) is 58.6 Å². The van der Waals surface area contributed by atoms with E-state index in [0.717, 1.165) is 5.56 Å². The molecule has 4 nitrogen and oxygen atoms in total. The van der Waals surface area contributed by atoms with Crippen LogP contribution in [0.25, 0.3) is 0 Å². The molecule has 0 aromatic heterocycles. The number of fused-ring (bicyclic) bond motifs is 1. The van der Waals surface area contributed by atoms with Gasteiger partial charge in [0.2, 0.25) is 0 Å². The smallest absolute Gasteiger partial charge is 0.352 e. The molecule has 1 amide bonds. The molecule has 0 bridgehead atoms. The molecule has 1 aliphatic carbocycles. The van der Waals surface area contributed by atoms with E-state index in [0.29, 0.717) is 37.2 Å². The maximum absolute atomic E-state index is 14.4. The molecule has 2 N–H and O–H groups in total. The van der Waals surface area contributed by atoms with Crippen molar-refractivity contribution in [3.63, 3.8) is 0 Å². The first kappa shape index (κ1) is 16.2. The van der Waals surface area contributed by atoms with Gasteiger partial charge in [-0.25, -0.2) is 0 Å². The first-order chi connectivity index (χ1) is 10.8. The van der Waals surface area contributed by atoms with Gasteiger partial charge in [0.05, 0.1) is 12.6 Å². The Hall–Kier alpha value is -1.69. The number of hydrogen-bond donors (Lipinski definition) is 2. The summed E-state index contributed by atoms with van der Waals surface area (Å²) in [6.45, 7) is 2.23. The van der Waals surface area contributed by atoms with Crippen molar-refractivity contribution in [1.82, 2.24) is 5.32 Å². The molecule has 1 aliphatic heterocycles. The minimum absolute atomic E-state index is 0.0447. The SMILES string of the molecule is Cc1cccc2c1OCC[C@@H]2NC(=O)C(F)(F)C1(O)CCCC1. The van der Waals surface area contributed by atoms with Crippen molar-refractivity contribution in [3.05, 3.63) is 29.3 Å². The fourth-order valence-electron chi connectivity index (χ4n) is 3.47. The van der Waals surface area contributed by atoms with Crippen molar-refractivity contribution in [2.75, 3.05) is 6.61 Å². The number of halogens is 2. The highest BCUT2D eigenvalue weighted by Gasteiger charge is 2.59. The molecule has 1 saturated carbocycles. The maximum Gasteiger partial charge on any atom is 0.352 e. The molecule has 1 atom stereocenters. The number of hydrogen-bond acceptors (Lipinski definition) is 3. The van der Waals surface area contributed by atoms with E-state index in [1.54, 1.807) is 6.07 Å². The summed E-state index contributed by atoms with van der Waals surface area (Å²) in [5.74, 6) is -4.54. The van der Waals surface area contributed by atoms with Crippen molar-refractivity contribution in [2.24, 2.45) is 0 Å². The molecule has 1 fully saturated rings. The van der Waals surface area contributed by atoms with E-state index in [4.69, 9.17) is 4.74 Å². The Bertz CT molecular complexity index is 612. The van der Waals surface area contributed by atoms with Crippen LogP contribution in [0.5, 0.6) is 5.75 Å². The zero-order valence-electron chi connectivity index (χ0n) is 13.1. The van der Waals surface area contributed by atoms with Gasteiger partial charge >= 0.3 is 5.92 Å². The fourth-order valence-corrected chi connectivity index (χ4v) is 3.47. The van der Waals surface area contributed by atoms with Crippen LogP contribution in [0.4, 0.5) is 8.78 Å². The number of benzene rings is 1. The molecule has 0 spiro atoms. The monoisotopic (exact) mass is 325 g/mol. The van der Waals surface area contributed by atoms with Crippen LogP contribution in [0.1, 0.15) is 49.3 Å². The Kier molecular flexibility index (Phi) is 4.04. The normalized spacial score (nSPS) is 23.0. The molecule has 0 radical (unpaired) electrons. The van der Waals surface area contributed by atoms with Crippen LogP contribution in [0, 0.1) is 6.92 Å². The number of rotatable bonds is 3. The van der Waals surface area contributed by atoms with Crippen LogP contribution in [0.15, 0.2) is 18.2 Å². The van der Waals surface area contributed by atoms with E-state index < -0.39 is 23.5 Å². The lowest BCUT2D eigenvalue weighted by atomic mass is 9.91. The summed E-state index contributed by atoms with van der Waals surface area (Å²) in [5.41, 5.74) is -0.612. The predicted octanol–water partition coefficient (Wildman–Crippen LogP) is 2.88. The maximum atomic E-state index is 14.4. The molecule has 1 aromatic carbocycles. The number of aryl methyl sites for hydroxylation is 1. The molecule has 0 saturated heterocycles. The number of amides is 1. The summed E-state index contributed by atoms with van der Waals surface area (Å²) in [5, 5.41) is 12.5. The Morgan fingerprint density at radius 1 is 1.39 bits per heavy atom. The molecule has 1 aromatic rings. The third-order valence-corrected chi connectivity index (χ3v) is 4.88. The Morgan fingerprint density at radius 3 is 2.78 bits per heavy atom. The van der Waals surface area contributed by atoms with Crippen LogP contribution in [0.3, 0.4) is 0 Å². The van der Waals surface area contributed by atoms with E-state index in [2.05, 4.69) is 5.32 Å². The second kappa shape index (κ2) is 5.74. The molecule has 2 aliphatic rings. The van der Waals surface area contributed by atoms with E-state index in [1.807, 2.05) is 19.1 Å². The number of aliphatic hydroxyl groups is 1. The lowest BCUT2D eigenvalue weighted by molar-refractivity contribution is -0.191. The van der Waals surface area contributed by atoms with Crippen LogP contribution >= 0.6 is 0 Å². The van der Waals surface area contributed by atoms with Gasteiger partial charge in [0.25, 0.3) is 5.91 Å². The van der Waals surface area contributed by atoms with Crippen LogP contribution in [0.2, 0.25) is 0 Å². The second-order valence-corrected chi connectivity index (χ2v) is 6.47. The van der Waals surface area contributed by atoms with E-state index in [1.165, 1.54) is 0 Å². The Balaban J connectivity index is 1.80. The van der Waals surface area contributed by atoms with Gasteiger partial charge in [-0.3, -0.25) is 4.79 Å². The second-order valence-electron chi connectivity index (χ2n) is 6.47. The quantitative estimate of drug-likeness (QED) is 0.898. The van der Waals surface area contributed by atoms with Gasteiger partial charge < -0.3 is 15.2 Å². The molecule has 1 heterocycles. The summed E-state index contributed by atoms with van der Waals surface area (Å²) in [6.07, 6.45) is 1.36. The Morgan fingerprint density at radius 2 is 2.09 bits per heavy atom. The molecular weight excluding hydrogens is 304 g/mol. The summed E-state index contributed by atoms with van der Waals surface area (Å²) in [4.78, 5) is 12.2. The number of carbonyl (C=O) groups excluding carboxylic acids is 1. The van der Waals surface area contributed by atoms with Crippen molar-refractivity contribution in [2.45, 2.75) is 56.6 Å². The molecule has 0 unspecified atom stereocenters. The lowest BCUT2D eigenvalue weighted by Gasteiger charge is -2.34. The van der Waals surface area contributed by atoms with Crippen molar-refractivity contribution in [3.8, 4) is 5.75 Å². The van der Waals surface area contributed by atoms with Gasteiger partial charge in [-0.15, -0.1) is 0 Å². The van der Waals surface area contributed by atoms with E-state index in [9.17, 15) is 18.7 Å². The average molecular weight is 325 g/mol. The van der Waals surface area contributed by atoms with Crippen LogP contribution < -0.4 is 10.1 Å². The fraction of sp³-hybridized carbons (Fsp3) is 0.588. The molecule has 23 heavy (non-hydrogen) atoms. The largest absolute Gasteiger partial charge is 0.493 e. The Labute approximate surface area is 133 Å². The van der Waals surface area contributed by atoms with Crippen molar-refractivity contribution >= 4 is 5.91 Å². The first-order valence-corrected chi connectivity index (χ1v) is 7.99. The average Bonchev–Trinajstić information content (AvgIpc) is 2.97. The third-order valence-electron chi connectivity index (χ3n) is 4.88. The van der Waals surface area contributed by atoms with Gasteiger partial charge in [-0.1, -0.05) is 31.0 Å². The summed E-state index contributed by atoms with van der Waals surface area (Å²) in [6, 6.07) is 4.93. The number of nitrogens with one attached hydrogen (secondary N) is 1. The number of alkyl halides is 2. The molecular formula is C17H21F2NO3. The number of ether oxygens (including phenoxy) is 1. The van der Waals surface area contributed by atoms with Crippen LogP contribution in [-0.2, 0) is 4.79 Å². The van der Waals surface area contributed by atoms with E-state index in [-0.39, 0.29) is 12.8 Å².